The fourth-order valence-corrected chi connectivity index (χ4v) is 5.90. The number of likely N-dealkylation sites (N-methyl/N-ethyl adjacent to an activating group) is 1. The second-order valence-electron chi connectivity index (χ2n) is 10.2. The molecule has 4 rings (SSSR count). The van der Waals surface area contributed by atoms with Crippen LogP contribution in [-0.2, 0) is 19.1 Å². The molecule has 0 radical (unpaired) electrons. The van der Waals surface area contributed by atoms with E-state index in [2.05, 4.69) is 0 Å². The van der Waals surface area contributed by atoms with E-state index in [0.29, 0.717) is 19.5 Å². The number of aliphatic hydroxyl groups excluding tert-OH is 1. The maximum Gasteiger partial charge on any atom is 0.249 e. The van der Waals surface area contributed by atoms with Crippen LogP contribution < -0.4 is 0 Å². The van der Waals surface area contributed by atoms with E-state index in [0.717, 1.165) is 0 Å². The number of nitrogens with zero attached hydrogens (tertiary/aromatic N) is 3. The highest BCUT2D eigenvalue weighted by Gasteiger charge is 2.72. The van der Waals surface area contributed by atoms with Crippen molar-refractivity contribution < 1.29 is 24.2 Å². The number of hydrogen-bond acceptors (Lipinski definition) is 5. The molecule has 6 atom stereocenters. The second kappa shape index (κ2) is 8.30. The molecule has 176 valence electrons. The lowest BCUT2D eigenvalue weighted by molar-refractivity contribution is -0.152. The van der Waals surface area contributed by atoms with E-state index in [4.69, 9.17) is 4.74 Å². The van der Waals surface area contributed by atoms with E-state index in [1.54, 1.807) is 21.7 Å². The highest BCUT2D eigenvalue weighted by atomic mass is 16.5. The van der Waals surface area contributed by atoms with E-state index in [-0.39, 0.29) is 36.3 Å². The Kier molecular flexibility index (Phi) is 5.96. The summed E-state index contributed by atoms with van der Waals surface area (Å²) in [5, 5.41) is 10.2. The number of fused-ring (bicyclic) bond motifs is 2. The number of likely N-dealkylation sites (tertiary alicyclic amines) is 1. The van der Waals surface area contributed by atoms with Crippen molar-refractivity contribution in [1.29, 1.82) is 0 Å². The van der Waals surface area contributed by atoms with Crippen LogP contribution in [-0.4, -0.2) is 94.1 Å². The molecule has 8 nitrogen and oxygen atoms in total. The van der Waals surface area contributed by atoms with Gasteiger partial charge >= 0.3 is 0 Å². The molecule has 1 unspecified atom stereocenters. The average molecular weight is 446 g/mol. The molecular formula is C24H35N3O5. The smallest absolute Gasteiger partial charge is 0.249 e. The van der Waals surface area contributed by atoms with Crippen LogP contribution in [0.2, 0.25) is 0 Å². The Bertz CT molecular complexity index is 853. The summed E-state index contributed by atoms with van der Waals surface area (Å²) in [6.07, 6.45) is 7.47. The van der Waals surface area contributed by atoms with E-state index >= 15 is 0 Å². The number of rotatable bonds is 5. The molecule has 0 saturated carbocycles. The van der Waals surface area contributed by atoms with Gasteiger partial charge in [-0.1, -0.05) is 38.2 Å². The van der Waals surface area contributed by atoms with Crippen molar-refractivity contribution in [1.82, 2.24) is 14.7 Å². The van der Waals surface area contributed by atoms with E-state index in [1.807, 2.05) is 52.0 Å². The van der Waals surface area contributed by atoms with E-state index in [9.17, 15) is 19.5 Å². The topological polar surface area (TPSA) is 90.4 Å². The fourth-order valence-electron chi connectivity index (χ4n) is 5.90. The highest BCUT2D eigenvalue weighted by molar-refractivity contribution is 6.00. The van der Waals surface area contributed by atoms with E-state index < -0.39 is 35.6 Å². The van der Waals surface area contributed by atoms with E-state index in [1.165, 1.54) is 0 Å². The molecule has 0 aromatic carbocycles. The third kappa shape index (κ3) is 3.30. The number of aliphatic hydroxyl groups is 1. The van der Waals surface area contributed by atoms with Crippen LogP contribution in [0.15, 0.2) is 24.3 Å². The van der Waals surface area contributed by atoms with Crippen LogP contribution in [0.25, 0.3) is 0 Å². The van der Waals surface area contributed by atoms with Crippen molar-refractivity contribution >= 4 is 17.7 Å². The predicted octanol–water partition coefficient (Wildman–Crippen LogP) is 0.809. The zero-order valence-electron chi connectivity index (χ0n) is 19.6. The lowest BCUT2D eigenvalue weighted by Gasteiger charge is -2.39. The second-order valence-corrected chi connectivity index (χ2v) is 10.2. The Labute approximate surface area is 189 Å². The summed E-state index contributed by atoms with van der Waals surface area (Å²) in [7, 11) is 1.72. The number of carbonyl (C=O) groups is 3. The number of carbonyl (C=O) groups excluding carboxylic acids is 3. The first-order valence-corrected chi connectivity index (χ1v) is 11.6. The number of ether oxygens (including phenoxy) is 1. The van der Waals surface area contributed by atoms with Gasteiger partial charge in [0.1, 0.15) is 11.6 Å². The third-order valence-corrected chi connectivity index (χ3v) is 7.30. The molecule has 2 fully saturated rings. The van der Waals surface area contributed by atoms with Gasteiger partial charge < -0.3 is 24.5 Å². The average Bonchev–Trinajstić information content (AvgIpc) is 3.05. The monoisotopic (exact) mass is 445 g/mol. The summed E-state index contributed by atoms with van der Waals surface area (Å²) in [6, 6.07) is -1.48. The van der Waals surface area contributed by atoms with Gasteiger partial charge in [0.2, 0.25) is 17.7 Å². The molecule has 32 heavy (non-hydrogen) atoms. The summed E-state index contributed by atoms with van der Waals surface area (Å²) in [5.41, 5.74) is -1.23. The van der Waals surface area contributed by atoms with Gasteiger partial charge in [-0.25, -0.2) is 0 Å². The first-order chi connectivity index (χ1) is 15.1. The van der Waals surface area contributed by atoms with Crippen LogP contribution in [0.4, 0.5) is 0 Å². The van der Waals surface area contributed by atoms with Crippen molar-refractivity contribution in [3.8, 4) is 0 Å². The standard InChI is InChI=1S/C24H35N3O5/c1-14(2)12-16(13-28)27-20-23(31)26(15(3)4)11-7-9-24(20)19(22(27)30)18-17(32-24)8-6-10-25(5)21(18)29/h6-9,14-20,28H,10-13H2,1-5H3/t16-,17+,18-,19+,20?,24+/m1/s1. The molecule has 4 heterocycles. The summed E-state index contributed by atoms with van der Waals surface area (Å²) in [4.78, 5) is 46.1. The third-order valence-electron chi connectivity index (χ3n) is 7.30. The first-order valence-electron chi connectivity index (χ1n) is 11.6. The van der Waals surface area contributed by atoms with Gasteiger partial charge in [0.15, 0.2) is 0 Å². The minimum Gasteiger partial charge on any atom is -0.394 e. The lowest BCUT2D eigenvalue weighted by atomic mass is 9.77. The van der Waals surface area contributed by atoms with Crippen LogP contribution in [0.1, 0.15) is 34.1 Å². The number of amides is 3. The van der Waals surface area contributed by atoms with Gasteiger partial charge in [-0.05, 0) is 26.2 Å². The van der Waals surface area contributed by atoms with Crippen molar-refractivity contribution in [2.75, 3.05) is 26.7 Å². The zero-order valence-corrected chi connectivity index (χ0v) is 19.6. The highest BCUT2D eigenvalue weighted by Crippen LogP contribution is 2.54. The summed E-state index contributed by atoms with van der Waals surface area (Å²) in [6.45, 7) is 8.57. The fraction of sp³-hybridized carbons (Fsp3) is 0.708. The SMILES string of the molecule is CC(C)C[C@H](CO)N1C(=O)[C@@H]2[C@@H]3C(=O)N(C)CC=C[C@@H]3O[C@@]23C=CCN(C(C)C)C(=O)C13. The minimum absolute atomic E-state index is 0.0597. The molecular weight excluding hydrogens is 410 g/mol. The lowest BCUT2D eigenvalue weighted by Crippen LogP contribution is -2.59. The van der Waals surface area contributed by atoms with Crippen LogP contribution >= 0.6 is 0 Å². The van der Waals surface area contributed by atoms with Gasteiger partial charge in [0.05, 0.1) is 30.6 Å². The number of hydrogen-bond donors (Lipinski definition) is 1. The molecule has 8 heteroatoms. The summed E-state index contributed by atoms with van der Waals surface area (Å²) in [5.74, 6) is -1.89. The largest absolute Gasteiger partial charge is 0.394 e. The molecule has 3 amide bonds. The summed E-state index contributed by atoms with van der Waals surface area (Å²) >= 11 is 0. The van der Waals surface area contributed by atoms with Crippen molar-refractivity contribution in [2.24, 2.45) is 17.8 Å². The predicted molar refractivity (Wildman–Crippen MR) is 118 cm³/mol. The van der Waals surface area contributed by atoms with Gasteiger partial charge in [-0.3, -0.25) is 14.4 Å². The molecule has 1 spiro atoms. The quantitative estimate of drug-likeness (QED) is 0.633. The Balaban J connectivity index is 1.87. The molecule has 0 aromatic rings. The van der Waals surface area contributed by atoms with Gasteiger partial charge in [0.25, 0.3) is 0 Å². The molecule has 4 aliphatic rings. The Morgan fingerprint density at radius 1 is 1.09 bits per heavy atom. The van der Waals surface area contributed by atoms with Crippen LogP contribution in [0.3, 0.4) is 0 Å². The Hall–Kier alpha value is -2.19. The van der Waals surface area contributed by atoms with Crippen molar-refractivity contribution in [3.63, 3.8) is 0 Å². The van der Waals surface area contributed by atoms with Crippen LogP contribution in [0, 0.1) is 17.8 Å². The summed E-state index contributed by atoms with van der Waals surface area (Å²) < 4.78 is 6.55. The Morgan fingerprint density at radius 3 is 2.44 bits per heavy atom. The molecule has 1 N–H and O–H groups in total. The normalized spacial score (nSPS) is 35.4. The van der Waals surface area contributed by atoms with Gasteiger partial charge in [-0.2, -0.15) is 0 Å². The van der Waals surface area contributed by atoms with Gasteiger partial charge in [-0.15, -0.1) is 0 Å². The van der Waals surface area contributed by atoms with Crippen molar-refractivity contribution in [3.05, 3.63) is 24.3 Å². The maximum atomic E-state index is 14.0. The maximum absolute atomic E-state index is 14.0. The molecule has 4 aliphatic heterocycles. The van der Waals surface area contributed by atoms with Gasteiger partial charge in [0, 0.05) is 26.2 Å². The van der Waals surface area contributed by atoms with Crippen LogP contribution in [0.5, 0.6) is 0 Å². The molecule has 2 saturated heterocycles. The Morgan fingerprint density at radius 2 is 1.81 bits per heavy atom. The van der Waals surface area contributed by atoms with Crippen molar-refractivity contribution in [2.45, 2.75) is 63.9 Å². The molecule has 0 aromatic heterocycles. The molecule has 0 bridgehead atoms. The molecule has 0 aliphatic carbocycles. The minimum atomic E-state index is -1.23. The zero-order chi connectivity index (χ0) is 23.4. The first kappa shape index (κ1) is 23.0.